The van der Waals surface area contributed by atoms with Crippen molar-refractivity contribution in [3.05, 3.63) is 11.8 Å². The van der Waals surface area contributed by atoms with E-state index in [0.29, 0.717) is 17.3 Å². The second-order valence-corrected chi connectivity index (χ2v) is 4.89. The molecule has 3 N–H and O–H groups in total. The predicted octanol–water partition coefficient (Wildman–Crippen LogP) is 1.64. The van der Waals surface area contributed by atoms with Crippen LogP contribution in [0, 0.1) is 5.92 Å². The Labute approximate surface area is 101 Å². The molecular weight excluding hydrogens is 216 g/mol. The quantitative estimate of drug-likeness (QED) is 0.837. The second-order valence-electron chi connectivity index (χ2n) is 4.89. The van der Waals surface area contributed by atoms with Crippen molar-refractivity contribution in [1.82, 2.24) is 15.1 Å². The molecule has 0 bridgehead atoms. The van der Waals surface area contributed by atoms with Gasteiger partial charge in [0, 0.05) is 13.6 Å². The van der Waals surface area contributed by atoms with Crippen molar-refractivity contribution in [1.29, 1.82) is 0 Å². The minimum Gasteiger partial charge on any atom is -0.383 e. The number of H-pyrrole nitrogens is 1. The molecule has 1 aliphatic rings. The van der Waals surface area contributed by atoms with E-state index in [-0.39, 0.29) is 5.91 Å². The lowest BCUT2D eigenvalue weighted by Crippen LogP contribution is -2.32. The maximum atomic E-state index is 12.1. The fraction of sp³-hybridized carbons (Fsp3) is 0.667. The molecule has 0 radical (unpaired) electrons. The predicted molar refractivity (Wildman–Crippen MR) is 66.5 cm³/mol. The minimum atomic E-state index is -0.0400. The van der Waals surface area contributed by atoms with Crippen LogP contribution in [0.5, 0.6) is 0 Å². The average Bonchev–Trinajstić information content (AvgIpc) is 2.76. The Morgan fingerprint density at radius 2 is 2.24 bits per heavy atom. The van der Waals surface area contributed by atoms with Crippen LogP contribution in [0.4, 0.5) is 5.82 Å². The van der Waals surface area contributed by atoms with Gasteiger partial charge in [0.25, 0.3) is 5.91 Å². The van der Waals surface area contributed by atoms with Gasteiger partial charge in [0.15, 0.2) is 0 Å². The zero-order chi connectivity index (χ0) is 12.3. The van der Waals surface area contributed by atoms with Gasteiger partial charge in [0.05, 0.1) is 6.20 Å². The van der Waals surface area contributed by atoms with E-state index < -0.39 is 0 Å². The zero-order valence-corrected chi connectivity index (χ0v) is 10.3. The normalized spacial score (nSPS) is 17.0. The number of nitrogens with one attached hydrogen (secondary N) is 1. The number of carbonyl (C=O) groups excluding carboxylic acids is 1. The standard InChI is InChI=1S/C12H20N4O/c1-16(8-9-5-3-2-4-6-9)12(17)10-7-14-15-11(10)13/h7,9H,2-6,8H2,1H3,(H3,13,14,15). The number of hydrogen-bond acceptors (Lipinski definition) is 3. The van der Waals surface area contributed by atoms with Crippen molar-refractivity contribution in [2.45, 2.75) is 32.1 Å². The number of carbonyl (C=O) groups is 1. The van der Waals surface area contributed by atoms with Crippen LogP contribution in [0.2, 0.25) is 0 Å². The van der Waals surface area contributed by atoms with E-state index in [1.807, 2.05) is 7.05 Å². The van der Waals surface area contributed by atoms with Crippen molar-refractivity contribution in [2.24, 2.45) is 5.92 Å². The van der Waals surface area contributed by atoms with Gasteiger partial charge in [-0.15, -0.1) is 0 Å². The van der Waals surface area contributed by atoms with E-state index in [4.69, 9.17) is 5.73 Å². The van der Waals surface area contributed by atoms with E-state index in [0.717, 1.165) is 6.54 Å². The van der Waals surface area contributed by atoms with Crippen LogP contribution < -0.4 is 5.73 Å². The molecule has 1 aromatic heterocycles. The van der Waals surface area contributed by atoms with E-state index >= 15 is 0 Å². The first-order valence-electron chi connectivity index (χ1n) is 6.23. The lowest BCUT2D eigenvalue weighted by atomic mass is 9.89. The van der Waals surface area contributed by atoms with Crippen molar-refractivity contribution >= 4 is 11.7 Å². The zero-order valence-electron chi connectivity index (χ0n) is 10.3. The van der Waals surface area contributed by atoms with Gasteiger partial charge in [-0.1, -0.05) is 19.3 Å². The van der Waals surface area contributed by atoms with Gasteiger partial charge in [-0.3, -0.25) is 9.89 Å². The average molecular weight is 236 g/mol. The van der Waals surface area contributed by atoms with Gasteiger partial charge in [-0.25, -0.2) is 0 Å². The summed E-state index contributed by atoms with van der Waals surface area (Å²) in [6.45, 7) is 0.823. The second kappa shape index (κ2) is 5.21. The number of aromatic amines is 1. The first-order chi connectivity index (χ1) is 8.18. The summed E-state index contributed by atoms with van der Waals surface area (Å²) in [6, 6.07) is 0. The van der Waals surface area contributed by atoms with Crippen molar-refractivity contribution in [2.75, 3.05) is 19.3 Å². The Bertz CT molecular complexity index is 382. The Kier molecular flexibility index (Phi) is 3.66. The van der Waals surface area contributed by atoms with Crippen LogP contribution in [-0.4, -0.2) is 34.6 Å². The number of amides is 1. The summed E-state index contributed by atoms with van der Waals surface area (Å²) in [5.41, 5.74) is 6.12. The minimum absolute atomic E-state index is 0.0400. The van der Waals surface area contributed by atoms with Crippen LogP contribution in [0.1, 0.15) is 42.5 Å². The smallest absolute Gasteiger partial charge is 0.258 e. The molecule has 2 rings (SSSR count). The third-order valence-corrected chi connectivity index (χ3v) is 3.50. The lowest BCUT2D eigenvalue weighted by Gasteiger charge is -2.26. The summed E-state index contributed by atoms with van der Waals surface area (Å²) in [7, 11) is 1.84. The summed E-state index contributed by atoms with van der Waals surface area (Å²) in [6.07, 6.45) is 7.88. The maximum absolute atomic E-state index is 12.1. The highest BCUT2D eigenvalue weighted by atomic mass is 16.2. The highest BCUT2D eigenvalue weighted by Gasteiger charge is 2.21. The van der Waals surface area contributed by atoms with Gasteiger partial charge in [0.2, 0.25) is 0 Å². The molecule has 0 atom stereocenters. The first-order valence-corrected chi connectivity index (χ1v) is 6.23. The monoisotopic (exact) mass is 236 g/mol. The van der Waals surface area contributed by atoms with Crippen LogP contribution in [0.15, 0.2) is 6.20 Å². The number of nitrogens with two attached hydrogens (primary N) is 1. The Balaban J connectivity index is 1.93. The fourth-order valence-corrected chi connectivity index (χ4v) is 2.51. The molecule has 5 heteroatoms. The summed E-state index contributed by atoms with van der Waals surface area (Å²) >= 11 is 0. The Morgan fingerprint density at radius 3 is 2.82 bits per heavy atom. The number of aromatic nitrogens is 2. The van der Waals surface area contributed by atoms with E-state index in [1.54, 1.807) is 4.90 Å². The number of nitrogens with zero attached hydrogens (tertiary/aromatic N) is 2. The molecule has 94 valence electrons. The molecule has 17 heavy (non-hydrogen) atoms. The molecule has 1 heterocycles. The summed E-state index contributed by atoms with van der Waals surface area (Å²) in [5, 5.41) is 6.36. The van der Waals surface area contributed by atoms with Gasteiger partial charge < -0.3 is 10.6 Å². The molecule has 1 saturated carbocycles. The van der Waals surface area contributed by atoms with E-state index in [9.17, 15) is 4.79 Å². The Hall–Kier alpha value is -1.52. The molecule has 1 aromatic rings. The van der Waals surface area contributed by atoms with Crippen LogP contribution in [0.25, 0.3) is 0 Å². The van der Waals surface area contributed by atoms with E-state index in [2.05, 4.69) is 10.2 Å². The molecule has 0 aliphatic heterocycles. The molecule has 0 saturated heterocycles. The Morgan fingerprint density at radius 1 is 1.53 bits per heavy atom. The third-order valence-electron chi connectivity index (χ3n) is 3.50. The third kappa shape index (κ3) is 2.78. The SMILES string of the molecule is CN(CC1CCCCC1)C(=O)c1cn[nH]c1N. The van der Waals surface area contributed by atoms with Gasteiger partial charge >= 0.3 is 0 Å². The number of rotatable bonds is 3. The highest BCUT2D eigenvalue weighted by Crippen LogP contribution is 2.24. The molecule has 5 nitrogen and oxygen atoms in total. The van der Waals surface area contributed by atoms with Crippen molar-refractivity contribution in [3.63, 3.8) is 0 Å². The number of anilines is 1. The van der Waals surface area contributed by atoms with Gasteiger partial charge in [-0.2, -0.15) is 5.10 Å². The summed E-state index contributed by atoms with van der Waals surface area (Å²) < 4.78 is 0. The van der Waals surface area contributed by atoms with Gasteiger partial charge in [0.1, 0.15) is 11.4 Å². The van der Waals surface area contributed by atoms with Crippen LogP contribution in [0.3, 0.4) is 0 Å². The summed E-state index contributed by atoms with van der Waals surface area (Å²) in [5.74, 6) is 0.957. The molecule has 1 fully saturated rings. The maximum Gasteiger partial charge on any atom is 0.258 e. The van der Waals surface area contributed by atoms with Crippen LogP contribution >= 0.6 is 0 Å². The molecule has 0 aromatic carbocycles. The molecular formula is C12H20N4O. The molecule has 1 amide bonds. The van der Waals surface area contributed by atoms with E-state index in [1.165, 1.54) is 38.3 Å². The fourth-order valence-electron chi connectivity index (χ4n) is 2.51. The first kappa shape index (κ1) is 12.0. The highest BCUT2D eigenvalue weighted by molar-refractivity contribution is 5.97. The molecule has 0 unspecified atom stereocenters. The number of hydrogen-bond donors (Lipinski definition) is 2. The molecule has 0 spiro atoms. The van der Waals surface area contributed by atoms with Crippen molar-refractivity contribution in [3.8, 4) is 0 Å². The largest absolute Gasteiger partial charge is 0.383 e. The van der Waals surface area contributed by atoms with Crippen molar-refractivity contribution < 1.29 is 4.79 Å². The lowest BCUT2D eigenvalue weighted by molar-refractivity contribution is 0.0761. The molecule has 1 aliphatic carbocycles. The number of nitrogen functional groups attached to an aromatic ring is 1. The summed E-state index contributed by atoms with van der Waals surface area (Å²) in [4.78, 5) is 13.8. The van der Waals surface area contributed by atoms with Gasteiger partial charge in [-0.05, 0) is 18.8 Å². The topological polar surface area (TPSA) is 75.0 Å². The van der Waals surface area contributed by atoms with Crippen LogP contribution in [-0.2, 0) is 0 Å².